The number of sulfonamides is 1. The van der Waals surface area contributed by atoms with Gasteiger partial charge < -0.3 is 5.73 Å². The Kier molecular flexibility index (Phi) is 4.34. The van der Waals surface area contributed by atoms with Gasteiger partial charge >= 0.3 is 0 Å². The van der Waals surface area contributed by atoms with E-state index in [2.05, 4.69) is 0 Å². The van der Waals surface area contributed by atoms with Crippen molar-refractivity contribution in [2.75, 3.05) is 12.8 Å². The molecule has 0 unspecified atom stereocenters. The minimum atomic E-state index is -3.55. The van der Waals surface area contributed by atoms with Crippen LogP contribution in [0.4, 0.5) is 5.69 Å². The van der Waals surface area contributed by atoms with Crippen LogP contribution < -0.4 is 5.73 Å². The first-order valence-corrected chi connectivity index (χ1v) is 8.14. The van der Waals surface area contributed by atoms with Crippen LogP contribution >= 0.6 is 0 Å². The third-order valence-corrected chi connectivity index (χ3v) is 5.62. The van der Waals surface area contributed by atoms with Gasteiger partial charge in [0.1, 0.15) is 0 Å². The van der Waals surface area contributed by atoms with Crippen molar-refractivity contribution in [2.45, 2.75) is 25.3 Å². The lowest BCUT2D eigenvalue weighted by molar-refractivity contribution is 0.465. The second-order valence-corrected chi connectivity index (χ2v) is 7.17. The van der Waals surface area contributed by atoms with E-state index in [4.69, 9.17) is 5.73 Å². The fourth-order valence-electron chi connectivity index (χ4n) is 2.19. The fraction of sp³-hybridized carbons (Fsp3) is 0.250. The highest BCUT2D eigenvalue weighted by Crippen LogP contribution is 2.24. The number of hydrogen-bond donors (Lipinski definition) is 1. The van der Waals surface area contributed by atoms with Gasteiger partial charge in [0.15, 0.2) is 0 Å². The molecule has 2 aromatic rings. The van der Waals surface area contributed by atoms with Crippen LogP contribution in [0.3, 0.4) is 0 Å². The average Bonchev–Trinajstić information content (AvgIpc) is 2.44. The average molecular weight is 304 g/mol. The van der Waals surface area contributed by atoms with E-state index in [9.17, 15) is 8.42 Å². The van der Waals surface area contributed by atoms with Gasteiger partial charge in [-0.2, -0.15) is 4.31 Å². The summed E-state index contributed by atoms with van der Waals surface area (Å²) in [5.41, 5.74) is 8.95. The Morgan fingerprint density at radius 2 is 1.71 bits per heavy atom. The molecule has 0 atom stereocenters. The first kappa shape index (κ1) is 15.5. The molecule has 112 valence electrons. The topological polar surface area (TPSA) is 63.4 Å². The molecule has 21 heavy (non-hydrogen) atoms. The van der Waals surface area contributed by atoms with Crippen molar-refractivity contribution >= 4 is 15.7 Å². The van der Waals surface area contributed by atoms with Crippen LogP contribution in [0, 0.1) is 13.8 Å². The van der Waals surface area contributed by atoms with E-state index in [-0.39, 0.29) is 4.90 Å². The molecular formula is C16H20N2O2S. The number of hydrogen-bond acceptors (Lipinski definition) is 3. The van der Waals surface area contributed by atoms with Crippen LogP contribution in [0.5, 0.6) is 0 Å². The quantitative estimate of drug-likeness (QED) is 0.883. The van der Waals surface area contributed by atoms with Crippen LogP contribution in [0.2, 0.25) is 0 Å². The minimum Gasteiger partial charge on any atom is -0.398 e. The van der Waals surface area contributed by atoms with E-state index < -0.39 is 10.0 Å². The number of nitrogens with zero attached hydrogens (tertiary/aromatic N) is 1. The molecule has 0 fully saturated rings. The maximum absolute atomic E-state index is 12.7. The molecule has 2 aromatic carbocycles. The van der Waals surface area contributed by atoms with E-state index in [0.29, 0.717) is 17.8 Å². The third kappa shape index (κ3) is 3.09. The molecule has 0 heterocycles. The van der Waals surface area contributed by atoms with Crippen molar-refractivity contribution in [3.63, 3.8) is 0 Å². The van der Waals surface area contributed by atoms with Crippen molar-refractivity contribution in [3.8, 4) is 0 Å². The highest BCUT2D eigenvalue weighted by molar-refractivity contribution is 7.89. The summed E-state index contributed by atoms with van der Waals surface area (Å²) in [6.45, 7) is 4.04. The Hall–Kier alpha value is -1.85. The molecular weight excluding hydrogens is 284 g/mol. The Bertz CT molecular complexity index is 755. The lowest BCUT2D eigenvalue weighted by Crippen LogP contribution is -2.27. The van der Waals surface area contributed by atoms with Crippen molar-refractivity contribution in [1.82, 2.24) is 4.31 Å². The second-order valence-electron chi connectivity index (χ2n) is 5.16. The van der Waals surface area contributed by atoms with Crippen LogP contribution in [-0.2, 0) is 16.6 Å². The molecule has 0 spiro atoms. The smallest absolute Gasteiger partial charge is 0.243 e. The lowest BCUT2D eigenvalue weighted by atomic mass is 10.1. The Balaban J connectivity index is 2.36. The van der Waals surface area contributed by atoms with Crippen molar-refractivity contribution in [3.05, 3.63) is 59.2 Å². The molecule has 2 rings (SSSR count). The van der Waals surface area contributed by atoms with Gasteiger partial charge in [-0.1, -0.05) is 30.3 Å². The van der Waals surface area contributed by atoms with Gasteiger partial charge in [-0.05, 0) is 42.7 Å². The van der Waals surface area contributed by atoms with E-state index >= 15 is 0 Å². The van der Waals surface area contributed by atoms with Crippen molar-refractivity contribution < 1.29 is 8.42 Å². The molecule has 2 N–H and O–H groups in total. The van der Waals surface area contributed by atoms with Crippen LogP contribution in [0.15, 0.2) is 47.4 Å². The molecule has 0 aromatic heterocycles. The second kappa shape index (κ2) is 5.87. The van der Waals surface area contributed by atoms with Gasteiger partial charge in [-0.25, -0.2) is 8.42 Å². The van der Waals surface area contributed by atoms with Gasteiger partial charge in [-0.3, -0.25) is 0 Å². The van der Waals surface area contributed by atoms with E-state index in [1.54, 1.807) is 32.2 Å². The minimum absolute atomic E-state index is 0.263. The molecule has 0 aliphatic rings. The first-order valence-electron chi connectivity index (χ1n) is 6.70. The van der Waals surface area contributed by atoms with Gasteiger partial charge in [0.25, 0.3) is 0 Å². The third-order valence-electron chi connectivity index (χ3n) is 3.67. The Labute approximate surface area is 126 Å². The monoisotopic (exact) mass is 304 g/mol. The molecule has 4 nitrogen and oxygen atoms in total. The summed E-state index contributed by atoms with van der Waals surface area (Å²) in [6, 6.07) is 12.7. The molecule has 5 heteroatoms. The number of anilines is 1. The van der Waals surface area contributed by atoms with Crippen LogP contribution in [-0.4, -0.2) is 19.8 Å². The standard InChI is InChI=1S/C16H20N2O2S/c1-12-7-4-5-8-14(12)11-18(3)21(19,20)16-10-6-9-15(17)13(16)2/h4-10H,11,17H2,1-3H3. The van der Waals surface area contributed by atoms with E-state index in [0.717, 1.165) is 11.1 Å². The molecule has 0 saturated carbocycles. The highest BCUT2D eigenvalue weighted by Gasteiger charge is 2.23. The normalized spacial score (nSPS) is 11.8. The maximum Gasteiger partial charge on any atom is 0.243 e. The number of nitrogen functional groups attached to an aromatic ring is 1. The molecule has 0 amide bonds. The van der Waals surface area contributed by atoms with Gasteiger partial charge in [0.05, 0.1) is 4.90 Å². The van der Waals surface area contributed by atoms with E-state index in [1.165, 1.54) is 4.31 Å². The zero-order chi connectivity index (χ0) is 15.6. The molecule has 0 saturated heterocycles. The van der Waals surface area contributed by atoms with Crippen molar-refractivity contribution in [2.24, 2.45) is 0 Å². The van der Waals surface area contributed by atoms with Crippen LogP contribution in [0.25, 0.3) is 0 Å². The van der Waals surface area contributed by atoms with Gasteiger partial charge in [-0.15, -0.1) is 0 Å². The highest BCUT2D eigenvalue weighted by atomic mass is 32.2. The number of benzene rings is 2. The molecule has 0 radical (unpaired) electrons. The molecule has 0 bridgehead atoms. The maximum atomic E-state index is 12.7. The zero-order valence-electron chi connectivity index (χ0n) is 12.5. The molecule has 0 aliphatic heterocycles. The summed E-state index contributed by atoms with van der Waals surface area (Å²) in [5.74, 6) is 0. The summed E-state index contributed by atoms with van der Waals surface area (Å²) in [5, 5.41) is 0. The predicted octanol–water partition coefficient (Wildman–Crippen LogP) is 2.71. The number of aryl methyl sites for hydroxylation is 1. The van der Waals surface area contributed by atoms with Gasteiger partial charge in [0, 0.05) is 19.3 Å². The SMILES string of the molecule is Cc1ccccc1CN(C)S(=O)(=O)c1cccc(N)c1C. The van der Waals surface area contributed by atoms with Crippen molar-refractivity contribution in [1.29, 1.82) is 0 Å². The van der Waals surface area contributed by atoms with Gasteiger partial charge in [0.2, 0.25) is 10.0 Å². The lowest BCUT2D eigenvalue weighted by Gasteiger charge is -2.20. The summed E-state index contributed by atoms with van der Waals surface area (Å²) >= 11 is 0. The first-order chi connectivity index (χ1) is 9.84. The Morgan fingerprint density at radius 3 is 2.38 bits per heavy atom. The summed E-state index contributed by atoms with van der Waals surface area (Å²) < 4.78 is 26.7. The molecule has 0 aliphatic carbocycles. The number of nitrogens with two attached hydrogens (primary N) is 1. The predicted molar refractivity (Wildman–Crippen MR) is 85.4 cm³/mol. The number of rotatable bonds is 4. The summed E-state index contributed by atoms with van der Waals surface area (Å²) in [6.07, 6.45) is 0. The fourth-order valence-corrected chi connectivity index (χ4v) is 3.59. The van der Waals surface area contributed by atoms with Crippen LogP contribution in [0.1, 0.15) is 16.7 Å². The summed E-state index contributed by atoms with van der Waals surface area (Å²) in [4.78, 5) is 0.263. The Morgan fingerprint density at radius 1 is 1.05 bits per heavy atom. The largest absolute Gasteiger partial charge is 0.398 e. The van der Waals surface area contributed by atoms with E-state index in [1.807, 2.05) is 31.2 Å². The zero-order valence-corrected chi connectivity index (χ0v) is 13.3. The summed E-state index contributed by atoms with van der Waals surface area (Å²) in [7, 11) is -1.97.